The Morgan fingerprint density at radius 2 is 1.56 bits per heavy atom. The van der Waals surface area contributed by atoms with E-state index < -0.39 is 23.8 Å². The number of hydrogen-bond acceptors (Lipinski definition) is 4. The SMILES string of the molecule is CCC(C)N(C(=O)C(NC(=O)OC(C)(C)C)C(C)C)C(C(=O)NC(C)C)c1ccc(C)c(C)c1. The predicted molar refractivity (Wildman–Crippen MR) is 137 cm³/mol. The van der Waals surface area contributed by atoms with Gasteiger partial charge in [-0.25, -0.2) is 4.79 Å². The maximum Gasteiger partial charge on any atom is 0.408 e. The fraction of sp³-hybridized carbons (Fsp3) is 0.667. The van der Waals surface area contributed by atoms with Crippen molar-refractivity contribution in [1.29, 1.82) is 0 Å². The highest BCUT2D eigenvalue weighted by Crippen LogP contribution is 2.28. The molecule has 0 bridgehead atoms. The number of alkyl carbamates (subject to hydrolysis) is 1. The predicted octanol–water partition coefficient (Wildman–Crippen LogP) is 5.05. The van der Waals surface area contributed by atoms with E-state index in [9.17, 15) is 14.4 Å². The third-order valence-electron chi connectivity index (χ3n) is 5.73. The van der Waals surface area contributed by atoms with Crippen molar-refractivity contribution in [2.24, 2.45) is 5.92 Å². The Kier molecular flexibility index (Phi) is 10.6. The van der Waals surface area contributed by atoms with Crippen LogP contribution in [0.3, 0.4) is 0 Å². The average molecular weight is 476 g/mol. The van der Waals surface area contributed by atoms with Crippen LogP contribution >= 0.6 is 0 Å². The van der Waals surface area contributed by atoms with Crippen LogP contribution in [0.5, 0.6) is 0 Å². The zero-order valence-electron chi connectivity index (χ0n) is 22.9. The highest BCUT2D eigenvalue weighted by molar-refractivity contribution is 5.92. The van der Waals surface area contributed by atoms with Gasteiger partial charge in [-0.05, 0) is 84.4 Å². The molecule has 0 radical (unpaired) electrons. The molecule has 0 aliphatic rings. The number of hydrogen-bond donors (Lipinski definition) is 2. The van der Waals surface area contributed by atoms with Gasteiger partial charge in [0.25, 0.3) is 0 Å². The van der Waals surface area contributed by atoms with Crippen molar-refractivity contribution >= 4 is 17.9 Å². The molecule has 3 amide bonds. The molecule has 192 valence electrons. The van der Waals surface area contributed by atoms with Gasteiger partial charge in [0.2, 0.25) is 11.8 Å². The number of amides is 3. The second-order valence-corrected chi connectivity index (χ2v) is 10.8. The van der Waals surface area contributed by atoms with Gasteiger partial charge in [0.05, 0.1) is 0 Å². The number of carbonyl (C=O) groups is 3. The summed E-state index contributed by atoms with van der Waals surface area (Å²) in [6.45, 7) is 20.8. The molecule has 0 saturated carbocycles. The molecular weight excluding hydrogens is 430 g/mol. The number of nitrogens with zero attached hydrogens (tertiary/aromatic N) is 1. The molecule has 3 atom stereocenters. The quantitative estimate of drug-likeness (QED) is 0.523. The second kappa shape index (κ2) is 12.2. The molecule has 0 fully saturated rings. The number of rotatable bonds is 9. The Balaban J connectivity index is 3.55. The Morgan fingerprint density at radius 1 is 0.971 bits per heavy atom. The largest absolute Gasteiger partial charge is 0.444 e. The van der Waals surface area contributed by atoms with Gasteiger partial charge in [0.1, 0.15) is 17.7 Å². The first kappa shape index (κ1) is 29.5. The van der Waals surface area contributed by atoms with E-state index in [1.165, 1.54) is 0 Å². The Morgan fingerprint density at radius 3 is 2.00 bits per heavy atom. The van der Waals surface area contributed by atoms with Gasteiger partial charge in [-0.1, -0.05) is 39.0 Å². The Labute approximate surface area is 206 Å². The summed E-state index contributed by atoms with van der Waals surface area (Å²) in [7, 11) is 0. The van der Waals surface area contributed by atoms with Gasteiger partial charge in [0.15, 0.2) is 0 Å². The summed E-state index contributed by atoms with van der Waals surface area (Å²) in [5, 5.41) is 5.74. The molecule has 7 heteroatoms. The highest BCUT2D eigenvalue weighted by Gasteiger charge is 2.39. The summed E-state index contributed by atoms with van der Waals surface area (Å²) in [5.41, 5.74) is 2.21. The minimum atomic E-state index is -0.843. The lowest BCUT2D eigenvalue weighted by molar-refractivity contribution is -0.146. The van der Waals surface area contributed by atoms with Crippen LogP contribution in [0.25, 0.3) is 0 Å². The molecule has 7 nitrogen and oxygen atoms in total. The summed E-state index contributed by atoms with van der Waals surface area (Å²) < 4.78 is 5.41. The lowest BCUT2D eigenvalue weighted by Gasteiger charge is -2.39. The Hall–Kier alpha value is -2.57. The highest BCUT2D eigenvalue weighted by atomic mass is 16.6. The van der Waals surface area contributed by atoms with Crippen LogP contribution in [0.4, 0.5) is 4.79 Å². The molecule has 0 aromatic heterocycles. The molecule has 0 spiro atoms. The minimum absolute atomic E-state index is 0.0868. The standard InChI is InChI=1S/C27H45N3O4/c1-12-20(8)30(25(32)22(16(2)3)29-26(33)34-27(9,10)11)23(24(31)28-17(4)5)21-14-13-18(6)19(7)15-21/h13-17,20,22-23H,12H2,1-11H3,(H,28,31)(H,29,33). The lowest BCUT2D eigenvalue weighted by atomic mass is 9.94. The van der Waals surface area contributed by atoms with Crippen LogP contribution < -0.4 is 10.6 Å². The van der Waals surface area contributed by atoms with Gasteiger partial charge in [-0.15, -0.1) is 0 Å². The summed E-state index contributed by atoms with van der Waals surface area (Å²) in [4.78, 5) is 41.7. The number of benzene rings is 1. The first-order chi connectivity index (χ1) is 15.6. The number of carbonyl (C=O) groups excluding carboxylic acids is 3. The smallest absolute Gasteiger partial charge is 0.408 e. The van der Waals surface area contributed by atoms with Crippen molar-refractivity contribution < 1.29 is 19.1 Å². The zero-order chi connectivity index (χ0) is 26.4. The first-order valence-corrected chi connectivity index (χ1v) is 12.3. The van der Waals surface area contributed by atoms with E-state index in [-0.39, 0.29) is 29.8 Å². The van der Waals surface area contributed by atoms with Crippen LogP contribution in [0.2, 0.25) is 0 Å². The maximum absolute atomic E-state index is 14.0. The van der Waals surface area contributed by atoms with Crippen molar-refractivity contribution in [3.05, 3.63) is 34.9 Å². The third kappa shape index (κ3) is 8.33. The van der Waals surface area contributed by atoms with E-state index in [1.54, 1.807) is 25.7 Å². The molecule has 0 aliphatic carbocycles. The summed E-state index contributed by atoms with van der Waals surface area (Å²) >= 11 is 0. The average Bonchev–Trinajstić information content (AvgIpc) is 2.69. The van der Waals surface area contributed by atoms with E-state index in [0.29, 0.717) is 6.42 Å². The van der Waals surface area contributed by atoms with E-state index in [2.05, 4.69) is 10.6 Å². The molecule has 0 heterocycles. The second-order valence-electron chi connectivity index (χ2n) is 10.8. The van der Waals surface area contributed by atoms with Crippen LogP contribution in [0.15, 0.2) is 18.2 Å². The van der Waals surface area contributed by atoms with Crippen molar-refractivity contribution in [2.45, 2.75) is 112 Å². The molecule has 0 saturated heterocycles. The van der Waals surface area contributed by atoms with Crippen LogP contribution in [-0.4, -0.2) is 46.5 Å². The fourth-order valence-corrected chi connectivity index (χ4v) is 3.64. The van der Waals surface area contributed by atoms with Gasteiger partial charge in [-0.3, -0.25) is 9.59 Å². The van der Waals surface area contributed by atoms with Crippen LogP contribution in [0.1, 0.15) is 91.5 Å². The zero-order valence-corrected chi connectivity index (χ0v) is 22.9. The normalized spacial score (nSPS) is 14.4. The van der Waals surface area contributed by atoms with Gasteiger partial charge < -0.3 is 20.3 Å². The van der Waals surface area contributed by atoms with Crippen molar-refractivity contribution in [2.75, 3.05) is 0 Å². The fourth-order valence-electron chi connectivity index (χ4n) is 3.64. The van der Waals surface area contributed by atoms with Crippen molar-refractivity contribution in [3.8, 4) is 0 Å². The van der Waals surface area contributed by atoms with E-state index in [4.69, 9.17) is 4.74 Å². The van der Waals surface area contributed by atoms with Gasteiger partial charge in [0, 0.05) is 12.1 Å². The monoisotopic (exact) mass is 475 g/mol. The van der Waals surface area contributed by atoms with Gasteiger partial charge >= 0.3 is 6.09 Å². The van der Waals surface area contributed by atoms with Crippen LogP contribution in [-0.2, 0) is 14.3 Å². The maximum atomic E-state index is 14.0. The van der Waals surface area contributed by atoms with Crippen molar-refractivity contribution in [1.82, 2.24) is 15.5 Å². The summed E-state index contributed by atoms with van der Waals surface area (Å²) in [5.74, 6) is -0.760. The third-order valence-corrected chi connectivity index (χ3v) is 5.73. The molecule has 1 aromatic carbocycles. The number of aryl methyl sites for hydroxylation is 2. The molecule has 34 heavy (non-hydrogen) atoms. The van der Waals surface area contributed by atoms with E-state index in [1.807, 2.05) is 73.6 Å². The lowest BCUT2D eigenvalue weighted by Crippen LogP contribution is -2.57. The molecule has 1 aromatic rings. The number of ether oxygens (including phenoxy) is 1. The van der Waals surface area contributed by atoms with Crippen molar-refractivity contribution in [3.63, 3.8) is 0 Å². The topological polar surface area (TPSA) is 87.7 Å². The van der Waals surface area contributed by atoms with E-state index >= 15 is 0 Å². The molecular formula is C27H45N3O4. The Bertz CT molecular complexity index is 858. The number of nitrogens with one attached hydrogen (secondary N) is 2. The minimum Gasteiger partial charge on any atom is -0.444 e. The molecule has 0 aliphatic heterocycles. The van der Waals surface area contributed by atoms with Gasteiger partial charge in [-0.2, -0.15) is 0 Å². The van der Waals surface area contributed by atoms with Crippen LogP contribution in [0, 0.1) is 19.8 Å². The molecule has 2 N–H and O–H groups in total. The molecule has 3 unspecified atom stereocenters. The molecule has 1 rings (SSSR count). The van der Waals surface area contributed by atoms with E-state index in [0.717, 1.165) is 16.7 Å². The first-order valence-electron chi connectivity index (χ1n) is 12.3. The summed E-state index contributed by atoms with van der Waals surface area (Å²) in [6, 6.07) is 3.85. The summed E-state index contributed by atoms with van der Waals surface area (Å²) in [6.07, 6.45) is -0.00254.